The van der Waals surface area contributed by atoms with Gasteiger partial charge in [0.25, 0.3) is 0 Å². The molecule has 0 aromatic carbocycles. The Hall–Kier alpha value is -0.360. The Morgan fingerprint density at radius 1 is 0.400 bits per heavy atom. The van der Waals surface area contributed by atoms with Crippen LogP contribution in [0.25, 0.3) is 0 Å². The molecule has 0 radical (unpaired) electrons. The second-order valence-electron chi connectivity index (χ2n) is 10.0. The molecule has 0 aromatic rings. The van der Waals surface area contributed by atoms with Gasteiger partial charge in [-0.05, 0) is 13.3 Å². The lowest BCUT2D eigenvalue weighted by atomic mass is 10.1. The Kier molecular flexibility index (Phi) is 36.3. The zero-order valence-electron chi connectivity index (χ0n) is 26.1. The van der Waals surface area contributed by atoms with E-state index >= 15 is 0 Å². The molecule has 0 rings (SSSR count). The number of ether oxygens (including phenoxy) is 8. The van der Waals surface area contributed by atoms with E-state index in [2.05, 4.69) is 6.92 Å². The van der Waals surface area contributed by atoms with Gasteiger partial charge in [0.2, 0.25) is 0 Å². The highest BCUT2D eigenvalue weighted by Gasteiger charge is 2.02. The van der Waals surface area contributed by atoms with E-state index in [9.17, 15) is 0 Å². The lowest BCUT2D eigenvalue weighted by Crippen LogP contribution is -2.19. The van der Waals surface area contributed by atoms with E-state index in [4.69, 9.17) is 43.0 Å². The van der Waals surface area contributed by atoms with Gasteiger partial charge in [-0.25, -0.2) is 0 Å². The van der Waals surface area contributed by atoms with Crippen LogP contribution in [0.5, 0.6) is 0 Å². The standard InChI is InChI=1S/C31H64O9/c1-3-4-5-6-7-8-9-10-11-12-13-14-16-39-30-31(2)40-29-28-38-27-26-37-25-24-36-23-22-35-21-20-34-19-18-33-17-15-32/h31-32H,3-30H2,1-2H3. The second-order valence-corrected chi connectivity index (χ2v) is 10.0. The van der Waals surface area contributed by atoms with Gasteiger partial charge in [0, 0.05) is 6.61 Å². The van der Waals surface area contributed by atoms with Gasteiger partial charge in [0.05, 0.1) is 105 Å². The fraction of sp³-hybridized carbons (Fsp3) is 1.00. The van der Waals surface area contributed by atoms with Crippen LogP contribution < -0.4 is 0 Å². The van der Waals surface area contributed by atoms with Crippen LogP contribution in [0.2, 0.25) is 0 Å². The smallest absolute Gasteiger partial charge is 0.0781 e. The van der Waals surface area contributed by atoms with Crippen LogP contribution in [0.1, 0.15) is 90.9 Å². The summed E-state index contributed by atoms with van der Waals surface area (Å²) in [4.78, 5) is 0. The van der Waals surface area contributed by atoms with Gasteiger partial charge in [-0.2, -0.15) is 0 Å². The van der Waals surface area contributed by atoms with Crippen LogP contribution in [0.15, 0.2) is 0 Å². The number of hydrogen-bond acceptors (Lipinski definition) is 9. The van der Waals surface area contributed by atoms with Gasteiger partial charge in [0.1, 0.15) is 0 Å². The van der Waals surface area contributed by atoms with Gasteiger partial charge in [-0.3, -0.25) is 0 Å². The fourth-order valence-corrected chi connectivity index (χ4v) is 3.92. The molecule has 0 bridgehead atoms. The number of unbranched alkanes of at least 4 members (excludes halogenated alkanes) is 11. The van der Waals surface area contributed by atoms with Crippen molar-refractivity contribution in [2.75, 3.05) is 106 Å². The molecule has 0 heterocycles. The summed E-state index contributed by atoms with van der Waals surface area (Å²) in [6.45, 7) is 12.5. The zero-order chi connectivity index (χ0) is 29.0. The SMILES string of the molecule is CCCCCCCCCCCCCCOCC(C)OCCOCCOCCOCCOCCOCCOCCO. The minimum atomic E-state index is 0.0346. The fourth-order valence-electron chi connectivity index (χ4n) is 3.92. The van der Waals surface area contributed by atoms with E-state index in [1.807, 2.05) is 6.92 Å². The monoisotopic (exact) mass is 580 g/mol. The first-order valence-corrected chi connectivity index (χ1v) is 16.1. The molecule has 9 nitrogen and oxygen atoms in total. The van der Waals surface area contributed by atoms with Crippen molar-refractivity contribution in [1.82, 2.24) is 0 Å². The molecule has 0 saturated carbocycles. The number of aliphatic hydroxyl groups is 1. The number of hydrogen-bond donors (Lipinski definition) is 1. The first-order valence-electron chi connectivity index (χ1n) is 16.1. The van der Waals surface area contributed by atoms with Gasteiger partial charge in [-0.1, -0.05) is 77.6 Å². The minimum absolute atomic E-state index is 0.0346. The van der Waals surface area contributed by atoms with Gasteiger partial charge in [0.15, 0.2) is 0 Å². The quantitative estimate of drug-likeness (QED) is 0.100. The highest BCUT2D eigenvalue weighted by Crippen LogP contribution is 2.12. The van der Waals surface area contributed by atoms with Crippen LogP contribution in [0, 0.1) is 0 Å². The summed E-state index contributed by atoms with van der Waals surface area (Å²) in [5, 5.41) is 8.58. The average Bonchev–Trinajstić information content (AvgIpc) is 2.96. The van der Waals surface area contributed by atoms with E-state index in [1.165, 1.54) is 70.6 Å². The normalized spacial score (nSPS) is 12.4. The maximum Gasteiger partial charge on any atom is 0.0781 e. The van der Waals surface area contributed by atoms with Crippen molar-refractivity contribution in [3.05, 3.63) is 0 Å². The molecular weight excluding hydrogens is 516 g/mol. The highest BCUT2D eigenvalue weighted by molar-refractivity contribution is 4.50. The van der Waals surface area contributed by atoms with Crippen LogP contribution in [-0.2, 0) is 37.9 Å². The van der Waals surface area contributed by atoms with E-state index in [0.29, 0.717) is 92.5 Å². The van der Waals surface area contributed by atoms with Crippen molar-refractivity contribution in [2.45, 2.75) is 97.0 Å². The molecule has 1 N–H and O–H groups in total. The van der Waals surface area contributed by atoms with Gasteiger partial charge in [-0.15, -0.1) is 0 Å². The number of rotatable bonds is 36. The van der Waals surface area contributed by atoms with Crippen LogP contribution in [0.4, 0.5) is 0 Å². The molecule has 0 aliphatic rings. The van der Waals surface area contributed by atoms with Crippen molar-refractivity contribution in [1.29, 1.82) is 0 Å². The predicted octanol–water partition coefficient (Wildman–Crippen LogP) is 5.20. The summed E-state index contributed by atoms with van der Waals surface area (Å²) < 4.78 is 43.8. The molecule has 1 unspecified atom stereocenters. The first kappa shape index (κ1) is 39.6. The van der Waals surface area contributed by atoms with Crippen LogP contribution in [0.3, 0.4) is 0 Å². The summed E-state index contributed by atoms with van der Waals surface area (Å²) in [7, 11) is 0. The Labute approximate surface area is 245 Å². The predicted molar refractivity (Wildman–Crippen MR) is 159 cm³/mol. The molecule has 0 aliphatic carbocycles. The highest BCUT2D eigenvalue weighted by atomic mass is 16.6. The third-order valence-corrected chi connectivity index (χ3v) is 6.22. The molecule has 0 fully saturated rings. The summed E-state index contributed by atoms with van der Waals surface area (Å²) in [6.07, 6.45) is 16.4. The molecule has 40 heavy (non-hydrogen) atoms. The summed E-state index contributed by atoms with van der Waals surface area (Å²) in [6, 6.07) is 0. The van der Waals surface area contributed by atoms with Crippen molar-refractivity contribution in [3.63, 3.8) is 0 Å². The molecular formula is C31H64O9. The molecule has 9 heteroatoms. The molecule has 0 spiro atoms. The van der Waals surface area contributed by atoms with E-state index in [0.717, 1.165) is 13.0 Å². The lowest BCUT2D eigenvalue weighted by Gasteiger charge is -2.13. The first-order chi connectivity index (χ1) is 19.8. The van der Waals surface area contributed by atoms with E-state index in [-0.39, 0.29) is 12.7 Å². The molecule has 0 aromatic heterocycles. The second kappa shape index (κ2) is 36.7. The Morgan fingerprint density at radius 3 is 1.15 bits per heavy atom. The van der Waals surface area contributed by atoms with Crippen molar-refractivity contribution < 1.29 is 43.0 Å². The van der Waals surface area contributed by atoms with E-state index < -0.39 is 0 Å². The van der Waals surface area contributed by atoms with Crippen molar-refractivity contribution >= 4 is 0 Å². The van der Waals surface area contributed by atoms with Gasteiger partial charge >= 0.3 is 0 Å². The number of aliphatic hydroxyl groups excluding tert-OH is 1. The van der Waals surface area contributed by atoms with Crippen molar-refractivity contribution in [3.8, 4) is 0 Å². The molecule has 0 aliphatic heterocycles. The summed E-state index contributed by atoms with van der Waals surface area (Å²) in [5.74, 6) is 0. The molecule has 0 amide bonds. The van der Waals surface area contributed by atoms with E-state index in [1.54, 1.807) is 0 Å². The minimum Gasteiger partial charge on any atom is -0.394 e. The average molecular weight is 581 g/mol. The zero-order valence-corrected chi connectivity index (χ0v) is 26.1. The van der Waals surface area contributed by atoms with Crippen LogP contribution >= 0.6 is 0 Å². The third kappa shape index (κ3) is 35.7. The third-order valence-electron chi connectivity index (χ3n) is 6.22. The topological polar surface area (TPSA) is 94.1 Å². The molecule has 242 valence electrons. The molecule has 0 saturated heterocycles. The van der Waals surface area contributed by atoms with Gasteiger partial charge < -0.3 is 43.0 Å². The van der Waals surface area contributed by atoms with Crippen molar-refractivity contribution in [2.24, 2.45) is 0 Å². The maximum atomic E-state index is 8.58. The van der Waals surface area contributed by atoms with Crippen LogP contribution in [-0.4, -0.2) is 117 Å². The molecule has 1 atom stereocenters. The Bertz CT molecular complexity index is 443. The Morgan fingerprint density at radius 2 is 0.750 bits per heavy atom. The summed E-state index contributed by atoms with van der Waals surface area (Å²) >= 11 is 0. The largest absolute Gasteiger partial charge is 0.394 e. The lowest BCUT2D eigenvalue weighted by molar-refractivity contribution is -0.0414. The summed E-state index contributed by atoms with van der Waals surface area (Å²) in [5.41, 5.74) is 0. The Balaban J connectivity index is 3.13. The maximum absolute atomic E-state index is 8.58.